The van der Waals surface area contributed by atoms with E-state index in [9.17, 15) is 9.90 Å². The molecule has 1 aromatic heterocycles. The van der Waals surface area contributed by atoms with Gasteiger partial charge in [-0.1, -0.05) is 18.6 Å². The number of hydrogen-bond donors (Lipinski definition) is 1. The fourth-order valence-electron chi connectivity index (χ4n) is 4.04. The Bertz CT molecular complexity index is 986. The SMILES string of the molecule is COc1ccc(OC)c(C(c2nc3ccccc3s2)N2CCCCC2C(=O)O)c1. The maximum absolute atomic E-state index is 12.1. The number of rotatable bonds is 6. The molecule has 29 heavy (non-hydrogen) atoms. The van der Waals surface area contributed by atoms with Crippen molar-refractivity contribution >= 4 is 27.5 Å². The summed E-state index contributed by atoms with van der Waals surface area (Å²) < 4.78 is 12.2. The average Bonchev–Trinajstić information content (AvgIpc) is 3.17. The maximum Gasteiger partial charge on any atom is 0.320 e. The van der Waals surface area contributed by atoms with Crippen LogP contribution in [0.4, 0.5) is 0 Å². The van der Waals surface area contributed by atoms with Crippen molar-refractivity contribution in [2.45, 2.75) is 31.3 Å². The van der Waals surface area contributed by atoms with Crippen LogP contribution in [0.1, 0.15) is 35.9 Å². The van der Waals surface area contributed by atoms with Crippen LogP contribution in [-0.4, -0.2) is 47.8 Å². The number of nitrogens with zero attached hydrogens (tertiary/aromatic N) is 2. The van der Waals surface area contributed by atoms with Gasteiger partial charge in [0.05, 0.1) is 30.5 Å². The minimum atomic E-state index is -0.794. The van der Waals surface area contributed by atoms with E-state index in [1.165, 1.54) is 0 Å². The summed E-state index contributed by atoms with van der Waals surface area (Å²) in [5, 5.41) is 10.8. The summed E-state index contributed by atoms with van der Waals surface area (Å²) in [7, 11) is 3.25. The predicted molar refractivity (Wildman–Crippen MR) is 113 cm³/mol. The fraction of sp³-hybridized carbons (Fsp3) is 0.364. The number of methoxy groups -OCH3 is 2. The number of carboxylic acid groups (broad SMARTS) is 1. The Morgan fingerprint density at radius 1 is 1.21 bits per heavy atom. The van der Waals surface area contributed by atoms with Crippen molar-refractivity contribution in [3.8, 4) is 11.5 Å². The number of thiazole rings is 1. The van der Waals surface area contributed by atoms with E-state index < -0.39 is 12.0 Å². The Labute approximate surface area is 173 Å². The van der Waals surface area contributed by atoms with Crippen molar-refractivity contribution in [1.29, 1.82) is 0 Å². The minimum absolute atomic E-state index is 0.321. The van der Waals surface area contributed by atoms with Crippen LogP contribution in [0.3, 0.4) is 0 Å². The Kier molecular flexibility index (Phi) is 5.69. The van der Waals surface area contributed by atoms with Gasteiger partial charge in [0.25, 0.3) is 0 Å². The topological polar surface area (TPSA) is 71.9 Å². The number of aliphatic carboxylic acids is 1. The molecule has 3 aromatic rings. The van der Waals surface area contributed by atoms with E-state index in [0.717, 1.165) is 33.6 Å². The fourth-order valence-corrected chi connectivity index (χ4v) is 5.15. The lowest BCUT2D eigenvalue weighted by atomic mass is 9.95. The normalized spacial score (nSPS) is 18.5. The molecule has 2 unspecified atom stereocenters. The van der Waals surface area contributed by atoms with Gasteiger partial charge in [0.15, 0.2) is 0 Å². The van der Waals surface area contributed by atoms with Gasteiger partial charge in [-0.3, -0.25) is 9.69 Å². The number of likely N-dealkylation sites (tertiary alicyclic amines) is 1. The van der Waals surface area contributed by atoms with E-state index in [1.54, 1.807) is 25.6 Å². The summed E-state index contributed by atoms with van der Waals surface area (Å²) in [4.78, 5) is 19.0. The molecule has 152 valence electrons. The summed E-state index contributed by atoms with van der Waals surface area (Å²) in [5.41, 5.74) is 1.79. The van der Waals surface area contributed by atoms with Gasteiger partial charge in [-0.2, -0.15) is 0 Å². The monoisotopic (exact) mass is 412 g/mol. The third-order valence-electron chi connectivity index (χ3n) is 5.44. The lowest BCUT2D eigenvalue weighted by molar-refractivity contribution is -0.145. The van der Waals surface area contributed by atoms with E-state index in [1.807, 2.05) is 42.5 Å². The van der Waals surface area contributed by atoms with Crippen molar-refractivity contribution in [3.63, 3.8) is 0 Å². The Hall–Kier alpha value is -2.64. The van der Waals surface area contributed by atoms with Crippen molar-refractivity contribution < 1.29 is 19.4 Å². The zero-order chi connectivity index (χ0) is 20.4. The number of ether oxygens (including phenoxy) is 2. The summed E-state index contributed by atoms with van der Waals surface area (Å²) in [6, 6.07) is 12.8. The second-order valence-corrected chi connectivity index (χ2v) is 8.18. The molecule has 4 rings (SSSR count). The molecule has 1 aliphatic rings. The van der Waals surface area contributed by atoms with Crippen molar-refractivity contribution in [3.05, 3.63) is 53.0 Å². The molecule has 7 heteroatoms. The number of carboxylic acids is 1. The molecule has 1 aliphatic heterocycles. The second-order valence-electron chi connectivity index (χ2n) is 7.12. The van der Waals surface area contributed by atoms with E-state index in [4.69, 9.17) is 14.5 Å². The van der Waals surface area contributed by atoms with Gasteiger partial charge < -0.3 is 14.6 Å². The highest BCUT2D eigenvalue weighted by molar-refractivity contribution is 7.18. The summed E-state index contributed by atoms with van der Waals surface area (Å²) in [5.74, 6) is 0.609. The number of para-hydroxylation sites is 1. The first-order valence-electron chi connectivity index (χ1n) is 9.68. The lowest BCUT2D eigenvalue weighted by Crippen LogP contribution is -2.46. The Morgan fingerprint density at radius 3 is 2.76 bits per heavy atom. The van der Waals surface area contributed by atoms with Crippen LogP contribution < -0.4 is 9.47 Å². The first-order chi connectivity index (χ1) is 14.1. The number of fused-ring (bicyclic) bond motifs is 1. The van der Waals surface area contributed by atoms with Gasteiger partial charge in [0, 0.05) is 12.1 Å². The molecule has 1 N–H and O–H groups in total. The van der Waals surface area contributed by atoms with Crippen molar-refractivity contribution in [1.82, 2.24) is 9.88 Å². The predicted octanol–water partition coefficient (Wildman–Crippen LogP) is 4.34. The Morgan fingerprint density at radius 2 is 2.03 bits per heavy atom. The molecule has 0 saturated carbocycles. The van der Waals surface area contributed by atoms with Gasteiger partial charge in [0.1, 0.15) is 22.5 Å². The molecule has 0 aliphatic carbocycles. The molecular formula is C22H24N2O4S. The molecule has 0 bridgehead atoms. The number of aromatic nitrogens is 1. The lowest BCUT2D eigenvalue weighted by Gasteiger charge is -2.38. The van der Waals surface area contributed by atoms with Crippen LogP contribution in [0.25, 0.3) is 10.2 Å². The average molecular weight is 413 g/mol. The van der Waals surface area contributed by atoms with E-state index >= 15 is 0 Å². The third-order valence-corrected chi connectivity index (χ3v) is 6.53. The summed E-state index contributed by atoms with van der Waals surface area (Å²) in [6.45, 7) is 0.692. The zero-order valence-electron chi connectivity index (χ0n) is 16.5. The minimum Gasteiger partial charge on any atom is -0.497 e. The van der Waals surface area contributed by atoms with Crippen LogP contribution in [0.5, 0.6) is 11.5 Å². The molecule has 0 spiro atoms. The molecule has 6 nitrogen and oxygen atoms in total. The first-order valence-corrected chi connectivity index (χ1v) is 10.5. The molecule has 0 radical (unpaired) electrons. The van der Waals surface area contributed by atoms with Crippen molar-refractivity contribution in [2.24, 2.45) is 0 Å². The van der Waals surface area contributed by atoms with Crippen LogP contribution in [0.15, 0.2) is 42.5 Å². The molecule has 2 heterocycles. The smallest absolute Gasteiger partial charge is 0.320 e. The van der Waals surface area contributed by atoms with Crippen molar-refractivity contribution in [2.75, 3.05) is 20.8 Å². The maximum atomic E-state index is 12.1. The molecular weight excluding hydrogens is 388 g/mol. The number of piperidine rings is 1. The molecule has 1 saturated heterocycles. The van der Waals surface area contributed by atoms with Gasteiger partial charge in [-0.25, -0.2) is 4.98 Å². The highest BCUT2D eigenvalue weighted by Gasteiger charge is 2.38. The van der Waals surface area contributed by atoms with Gasteiger partial charge >= 0.3 is 5.97 Å². The molecule has 2 atom stereocenters. The second kappa shape index (κ2) is 8.39. The Balaban J connectivity index is 1.90. The molecule has 2 aromatic carbocycles. The van der Waals surface area contributed by atoms with Crippen LogP contribution in [0.2, 0.25) is 0 Å². The van der Waals surface area contributed by atoms with Crippen LogP contribution >= 0.6 is 11.3 Å². The first kappa shape index (κ1) is 19.7. The van der Waals surface area contributed by atoms with E-state index in [0.29, 0.717) is 24.5 Å². The zero-order valence-corrected chi connectivity index (χ0v) is 17.3. The van der Waals surface area contributed by atoms with Crippen LogP contribution in [0, 0.1) is 0 Å². The van der Waals surface area contributed by atoms with Gasteiger partial charge in [-0.05, 0) is 43.2 Å². The standard InChI is InChI=1S/C22H24N2O4S/c1-27-14-10-11-18(28-2)15(13-14)20(24-12-6-5-8-17(24)22(25)26)21-23-16-7-3-4-9-19(16)29-21/h3-4,7,9-11,13,17,20H,5-6,8,12H2,1-2H3,(H,25,26). The molecule has 1 fully saturated rings. The number of carbonyl (C=O) groups is 1. The summed E-state index contributed by atoms with van der Waals surface area (Å²) >= 11 is 1.60. The molecule has 0 amide bonds. The number of hydrogen-bond acceptors (Lipinski definition) is 6. The van der Waals surface area contributed by atoms with Crippen LogP contribution in [-0.2, 0) is 4.79 Å². The highest BCUT2D eigenvalue weighted by atomic mass is 32.1. The van der Waals surface area contributed by atoms with E-state index in [2.05, 4.69) is 4.90 Å². The summed E-state index contributed by atoms with van der Waals surface area (Å²) in [6.07, 6.45) is 2.50. The number of benzene rings is 2. The largest absolute Gasteiger partial charge is 0.497 e. The van der Waals surface area contributed by atoms with Gasteiger partial charge in [0.2, 0.25) is 0 Å². The third kappa shape index (κ3) is 3.80. The highest BCUT2D eigenvalue weighted by Crippen LogP contribution is 2.42. The van der Waals surface area contributed by atoms with Gasteiger partial charge in [-0.15, -0.1) is 11.3 Å². The van der Waals surface area contributed by atoms with E-state index in [-0.39, 0.29) is 6.04 Å². The quantitative estimate of drug-likeness (QED) is 0.649.